The molecule has 0 unspecified atom stereocenters. The van der Waals surface area contributed by atoms with Crippen LogP contribution in [0.2, 0.25) is 0 Å². The largest absolute Gasteiger partial charge is 0.493 e. The summed E-state index contributed by atoms with van der Waals surface area (Å²) in [6, 6.07) is 5.74. The summed E-state index contributed by atoms with van der Waals surface area (Å²) in [7, 11) is 3.24. The molecule has 2 atom stereocenters. The molecule has 0 spiro atoms. The summed E-state index contributed by atoms with van der Waals surface area (Å²) in [5.74, 6) is 1.31. The Bertz CT molecular complexity index is 644. The van der Waals surface area contributed by atoms with E-state index >= 15 is 0 Å². The zero-order valence-electron chi connectivity index (χ0n) is 15.5. The van der Waals surface area contributed by atoms with Crippen LogP contribution in [0.3, 0.4) is 0 Å². The number of amides is 2. The molecule has 3 rings (SSSR count). The number of nitrogens with zero attached hydrogens (tertiary/aromatic N) is 1. The Morgan fingerprint density at radius 3 is 2.38 bits per heavy atom. The predicted octanol–water partition coefficient (Wildman–Crippen LogP) is 2.72. The number of benzene rings is 1. The van der Waals surface area contributed by atoms with Crippen LogP contribution in [0.1, 0.15) is 44.1 Å². The van der Waals surface area contributed by atoms with Crippen molar-refractivity contribution in [3.05, 3.63) is 23.8 Å². The van der Waals surface area contributed by atoms with Gasteiger partial charge < -0.3 is 14.2 Å². The third-order valence-corrected chi connectivity index (χ3v) is 5.26. The lowest BCUT2D eigenvalue weighted by molar-refractivity contribution is -0.147. The van der Waals surface area contributed by atoms with E-state index in [0.717, 1.165) is 37.7 Å². The molecule has 1 aliphatic carbocycles. The highest BCUT2D eigenvalue weighted by Gasteiger charge is 2.40. The molecule has 1 aromatic rings. The van der Waals surface area contributed by atoms with Gasteiger partial charge in [0, 0.05) is 12.8 Å². The van der Waals surface area contributed by atoms with E-state index in [-0.39, 0.29) is 24.0 Å². The van der Waals surface area contributed by atoms with Gasteiger partial charge in [-0.25, -0.2) is 0 Å². The Balaban J connectivity index is 1.59. The summed E-state index contributed by atoms with van der Waals surface area (Å²) in [6.07, 6.45) is 5.22. The molecule has 2 amide bonds. The highest BCUT2D eigenvalue weighted by molar-refractivity contribution is 6.02. The van der Waals surface area contributed by atoms with Crippen LogP contribution in [0.15, 0.2) is 18.2 Å². The van der Waals surface area contributed by atoms with Crippen LogP contribution in [0.5, 0.6) is 11.5 Å². The zero-order valence-corrected chi connectivity index (χ0v) is 15.5. The molecule has 2 aliphatic rings. The second-order valence-corrected chi connectivity index (χ2v) is 6.86. The maximum atomic E-state index is 12.1. The molecule has 6 nitrogen and oxygen atoms in total. The number of ether oxygens (including phenoxy) is 3. The van der Waals surface area contributed by atoms with Gasteiger partial charge in [-0.3, -0.25) is 14.5 Å². The SMILES string of the molecule is COc1ccc(CCO[C@@H]2CCCC[C@H]2N2C(=O)CCC2=O)cc1OC. The van der Waals surface area contributed by atoms with Crippen molar-refractivity contribution in [3.63, 3.8) is 0 Å². The second kappa shape index (κ2) is 8.54. The molecule has 0 bridgehead atoms. The third kappa shape index (κ3) is 4.01. The fraction of sp³-hybridized carbons (Fsp3) is 0.600. The van der Waals surface area contributed by atoms with Gasteiger partial charge in [0.05, 0.1) is 33.0 Å². The third-order valence-electron chi connectivity index (χ3n) is 5.26. The monoisotopic (exact) mass is 361 g/mol. The first-order chi connectivity index (χ1) is 12.6. The minimum atomic E-state index is -0.100. The first kappa shape index (κ1) is 18.7. The number of carbonyl (C=O) groups is 2. The molecule has 0 aromatic heterocycles. The number of rotatable bonds is 7. The molecule has 26 heavy (non-hydrogen) atoms. The summed E-state index contributed by atoms with van der Waals surface area (Å²) < 4.78 is 16.7. The van der Waals surface area contributed by atoms with Gasteiger partial charge in [-0.1, -0.05) is 18.9 Å². The average molecular weight is 361 g/mol. The Morgan fingerprint density at radius 2 is 1.69 bits per heavy atom. The Hall–Kier alpha value is -2.08. The van der Waals surface area contributed by atoms with Crippen molar-refractivity contribution in [1.29, 1.82) is 0 Å². The van der Waals surface area contributed by atoms with E-state index in [1.807, 2.05) is 18.2 Å². The van der Waals surface area contributed by atoms with Crippen molar-refractivity contribution in [2.24, 2.45) is 0 Å². The lowest BCUT2D eigenvalue weighted by Gasteiger charge is -2.36. The number of methoxy groups -OCH3 is 2. The molecule has 1 saturated heterocycles. The van der Waals surface area contributed by atoms with Gasteiger partial charge in [0.1, 0.15) is 0 Å². The fourth-order valence-electron chi connectivity index (χ4n) is 3.90. The summed E-state index contributed by atoms with van der Waals surface area (Å²) >= 11 is 0. The fourth-order valence-corrected chi connectivity index (χ4v) is 3.90. The first-order valence-corrected chi connectivity index (χ1v) is 9.31. The van der Waals surface area contributed by atoms with E-state index in [0.29, 0.717) is 30.9 Å². The van der Waals surface area contributed by atoms with E-state index in [2.05, 4.69) is 0 Å². The van der Waals surface area contributed by atoms with Crippen molar-refractivity contribution in [2.45, 2.75) is 57.1 Å². The standard InChI is InChI=1S/C20H27NO5/c1-24-17-8-7-14(13-18(17)25-2)11-12-26-16-6-4-3-5-15(16)21-19(22)9-10-20(21)23/h7-8,13,15-16H,3-6,9-12H2,1-2H3/t15-,16-/m1/s1. The van der Waals surface area contributed by atoms with Crippen LogP contribution in [0.25, 0.3) is 0 Å². The van der Waals surface area contributed by atoms with Crippen molar-refractivity contribution < 1.29 is 23.8 Å². The van der Waals surface area contributed by atoms with Gasteiger partial charge in [0.25, 0.3) is 0 Å². The van der Waals surface area contributed by atoms with E-state index in [1.54, 1.807) is 14.2 Å². The van der Waals surface area contributed by atoms with E-state index < -0.39 is 0 Å². The maximum absolute atomic E-state index is 12.1. The summed E-state index contributed by atoms with van der Waals surface area (Å²) in [5.41, 5.74) is 1.10. The Labute approximate surface area is 154 Å². The van der Waals surface area contributed by atoms with Crippen LogP contribution in [0.4, 0.5) is 0 Å². The quantitative estimate of drug-likeness (QED) is 0.699. The van der Waals surface area contributed by atoms with Gasteiger partial charge in [0.2, 0.25) is 11.8 Å². The van der Waals surface area contributed by atoms with Crippen molar-refractivity contribution >= 4 is 11.8 Å². The Kier molecular flexibility index (Phi) is 6.14. The van der Waals surface area contributed by atoms with E-state index in [9.17, 15) is 9.59 Å². The molecule has 0 radical (unpaired) electrons. The molecule has 1 saturated carbocycles. The van der Waals surface area contributed by atoms with Gasteiger partial charge in [-0.2, -0.15) is 0 Å². The van der Waals surface area contributed by atoms with E-state index in [4.69, 9.17) is 14.2 Å². The smallest absolute Gasteiger partial charge is 0.230 e. The topological polar surface area (TPSA) is 65.1 Å². The Morgan fingerprint density at radius 1 is 1.00 bits per heavy atom. The van der Waals surface area contributed by atoms with Gasteiger partial charge in [-0.15, -0.1) is 0 Å². The molecule has 0 N–H and O–H groups in total. The number of imide groups is 1. The minimum absolute atomic E-state index is 0.0459. The zero-order chi connectivity index (χ0) is 18.5. The molecular weight excluding hydrogens is 334 g/mol. The summed E-state index contributed by atoms with van der Waals surface area (Å²) in [6.45, 7) is 0.548. The number of hydrogen-bond donors (Lipinski definition) is 0. The lowest BCUT2D eigenvalue weighted by atomic mass is 9.91. The normalized spacial score (nSPS) is 23.4. The molecule has 142 valence electrons. The molecular formula is C20H27NO5. The molecule has 2 fully saturated rings. The maximum Gasteiger partial charge on any atom is 0.230 e. The van der Waals surface area contributed by atoms with Gasteiger partial charge in [-0.05, 0) is 37.0 Å². The number of hydrogen-bond acceptors (Lipinski definition) is 5. The van der Waals surface area contributed by atoms with Crippen molar-refractivity contribution in [2.75, 3.05) is 20.8 Å². The summed E-state index contributed by atoms with van der Waals surface area (Å²) in [5, 5.41) is 0. The van der Waals surface area contributed by atoms with Crippen LogP contribution in [-0.2, 0) is 20.7 Å². The minimum Gasteiger partial charge on any atom is -0.493 e. The first-order valence-electron chi connectivity index (χ1n) is 9.31. The van der Waals surface area contributed by atoms with Crippen LogP contribution >= 0.6 is 0 Å². The lowest BCUT2D eigenvalue weighted by Crippen LogP contribution is -2.49. The highest BCUT2D eigenvalue weighted by atomic mass is 16.5. The van der Waals surface area contributed by atoms with E-state index in [1.165, 1.54) is 4.90 Å². The number of likely N-dealkylation sites (tertiary alicyclic amines) is 1. The average Bonchev–Trinajstić information content (AvgIpc) is 3.00. The van der Waals surface area contributed by atoms with Crippen molar-refractivity contribution in [1.82, 2.24) is 4.90 Å². The van der Waals surface area contributed by atoms with Crippen LogP contribution in [0, 0.1) is 0 Å². The summed E-state index contributed by atoms with van der Waals surface area (Å²) in [4.78, 5) is 25.6. The molecule has 6 heteroatoms. The van der Waals surface area contributed by atoms with Gasteiger partial charge in [0.15, 0.2) is 11.5 Å². The van der Waals surface area contributed by atoms with Crippen molar-refractivity contribution in [3.8, 4) is 11.5 Å². The second-order valence-electron chi connectivity index (χ2n) is 6.86. The highest BCUT2D eigenvalue weighted by Crippen LogP contribution is 2.30. The predicted molar refractivity (Wildman–Crippen MR) is 96.3 cm³/mol. The molecule has 1 heterocycles. The van der Waals surface area contributed by atoms with Crippen LogP contribution < -0.4 is 9.47 Å². The van der Waals surface area contributed by atoms with Crippen LogP contribution in [-0.4, -0.2) is 49.7 Å². The molecule has 1 aromatic carbocycles. The van der Waals surface area contributed by atoms with Gasteiger partial charge >= 0.3 is 0 Å². The molecule has 1 aliphatic heterocycles. The number of carbonyl (C=O) groups excluding carboxylic acids is 2.